The molecule has 102 valence electrons. The molecule has 0 aromatic heterocycles. The number of benzene rings is 1. The molecule has 2 fully saturated rings. The molecule has 3 rings (SSSR count). The van der Waals surface area contributed by atoms with Crippen molar-refractivity contribution in [2.24, 2.45) is 0 Å². The highest BCUT2D eigenvalue weighted by Gasteiger charge is 2.45. The van der Waals surface area contributed by atoms with Crippen molar-refractivity contribution in [3.8, 4) is 0 Å². The van der Waals surface area contributed by atoms with Crippen LogP contribution in [0, 0.1) is 6.92 Å². The Balaban J connectivity index is 2.03. The molecular formula is C15H20N2O2. The number of para-hydroxylation sites is 1. The molecule has 0 aliphatic carbocycles. The Morgan fingerprint density at radius 1 is 1.26 bits per heavy atom. The number of rotatable bonds is 1. The number of aryl methyl sites for hydroxylation is 1. The van der Waals surface area contributed by atoms with Crippen LogP contribution in [-0.4, -0.2) is 37.7 Å². The van der Waals surface area contributed by atoms with Gasteiger partial charge in [-0.25, -0.2) is 0 Å². The number of carbonyl (C=O) groups is 1. The summed E-state index contributed by atoms with van der Waals surface area (Å²) in [6.07, 6.45) is 1.90. The number of hydrogen-bond acceptors (Lipinski definition) is 3. The lowest BCUT2D eigenvalue weighted by molar-refractivity contribution is -0.131. The fourth-order valence-corrected chi connectivity index (χ4v) is 3.19. The van der Waals surface area contributed by atoms with E-state index in [0.717, 1.165) is 37.2 Å². The minimum absolute atomic E-state index is 0.0856. The molecule has 1 N–H and O–H groups in total. The summed E-state index contributed by atoms with van der Waals surface area (Å²) in [6.45, 7) is 4.79. The summed E-state index contributed by atoms with van der Waals surface area (Å²) in [6, 6.07) is 8.12. The summed E-state index contributed by atoms with van der Waals surface area (Å²) in [7, 11) is 0. The first-order valence-electron chi connectivity index (χ1n) is 6.90. The summed E-state index contributed by atoms with van der Waals surface area (Å²) in [5, 5.41) is 3.36. The molecule has 2 aliphatic rings. The molecular weight excluding hydrogens is 240 g/mol. The highest BCUT2D eigenvalue weighted by molar-refractivity contribution is 5.97. The van der Waals surface area contributed by atoms with Crippen molar-refractivity contribution >= 4 is 11.6 Å². The van der Waals surface area contributed by atoms with Gasteiger partial charge in [-0.3, -0.25) is 4.79 Å². The monoisotopic (exact) mass is 260 g/mol. The van der Waals surface area contributed by atoms with Gasteiger partial charge in [-0.2, -0.15) is 0 Å². The molecule has 0 radical (unpaired) electrons. The lowest BCUT2D eigenvalue weighted by Crippen LogP contribution is -2.63. The number of nitrogens with one attached hydrogen (secondary N) is 1. The van der Waals surface area contributed by atoms with Crippen LogP contribution in [0.3, 0.4) is 0 Å². The molecule has 1 aromatic carbocycles. The molecule has 2 aliphatic heterocycles. The highest BCUT2D eigenvalue weighted by Crippen LogP contribution is 2.35. The first kappa shape index (κ1) is 12.6. The second kappa shape index (κ2) is 4.94. The number of ether oxygens (including phenoxy) is 1. The van der Waals surface area contributed by atoms with Crippen LogP contribution in [0.5, 0.6) is 0 Å². The molecule has 0 bridgehead atoms. The highest BCUT2D eigenvalue weighted by atomic mass is 16.5. The van der Waals surface area contributed by atoms with E-state index in [2.05, 4.69) is 18.3 Å². The van der Waals surface area contributed by atoms with Gasteiger partial charge in [0.2, 0.25) is 0 Å². The van der Waals surface area contributed by atoms with Crippen LogP contribution in [-0.2, 0) is 9.53 Å². The molecule has 0 atom stereocenters. The first-order chi connectivity index (χ1) is 9.23. The van der Waals surface area contributed by atoms with E-state index < -0.39 is 0 Å². The summed E-state index contributed by atoms with van der Waals surface area (Å²) in [4.78, 5) is 14.4. The standard InChI is InChI=1S/C15H20N2O2/c1-12-4-2-3-5-13(12)17-14(18)10-19-11-15(17)6-8-16-9-7-15/h2-5,16H,6-11H2,1H3. The summed E-state index contributed by atoms with van der Waals surface area (Å²) in [5.41, 5.74) is 2.03. The van der Waals surface area contributed by atoms with E-state index in [4.69, 9.17) is 4.74 Å². The van der Waals surface area contributed by atoms with Crippen LogP contribution in [0.2, 0.25) is 0 Å². The summed E-state index contributed by atoms with van der Waals surface area (Å²) < 4.78 is 5.55. The number of carbonyl (C=O) groups excluding carboxylic acids is 1. The third-order valence-electron chi connectivity index (χ3n) is 4.21. The third-order valence-corrected chi connectivity index (χ3v) is 4.21. The van der Waals surface area contributed by atoms with Crippen molar-refractivity contribution in [3.05, 3.63) is 29.8 Å². The molecule has 19 heavy (non-hydrogen) atoms. The molecule has 1 spiro atoms. The van der Waals surface area contributed by atoms with E-state index in [1.165, 1.54) is 0 Å². The third kappa shape index (κ3) is 2.15. The van der Waals surface area contributed by atoms with E-state index in [1.807, 2.05) is 23.1 Å². The molecule has 2 heterocycles. The molecule has 4 nitrogen and oxygen atoms in total. The fraction of sp³-hybridized carbons (Fsp3) is 0.533. The maximum Gasteiger partial charge on any atom is 0.253 e. The van der Waals surface area contributed by atoms with Gasteiger partial charge in [0.1, 0.15) is 6.61 Å². The second-order valence-corrected chi connectivity index (χ2v) is 5.48. The zero-order valence-corrected chi connectivity index (χ0v) is 11.3. The summed E-state index contributed by atoms with van der Waals surface area (Å²) >= 11 is 0. The van der Waals surface area contributed by atoms with Gasteiger partial charge in [-0.1, -0.05) is 18.2 Å². The Morgan fingerprint density at radius 3 is 2.74 bits per heavy atom. The number of anilines is 1. The van der Waals surface area contributed by atoms with Crippen molar-refractivity contribution in [2.45, 2.75) is 25.3 Å². The van der Waals surface area contributed by atoms with E-state index in [-0.39, 0.29) is 18.1 Å². The average molecular weight is 260 g/mol. The van der Waals surface area contributed by atoms with Gasteiger partial charge in [0.05, 0.1) is 12.1 Å². The van der Waals surface area contributed by atoms with Crippen LogP contribution >= 0.6 is 0 Å². The molecule has 1 amide bonds. The van der Waals surface area contributed by atoms with Gasteiger partial charge in [0.25, 0.3) is 5.91 Å². The Bertz CT molecular complexity index is 475. The quantitative estimate of drug-likeness (QED) is 0.831. The topological polar surface area (TPSA) is 41.6 Å². The van der Waals surface area contributed by atoms with Crippen LogP contribution in [0.25, 0.3) is 0 Å². The Labute approximate surface area is 113 Å². The molecule has 0 unspecified atom stereocenters. The van der Waals surface area contributed by atoms with Gasteiger partial charge in [-0.05, 0) is 44.5 Å². The molecule has 1 aromatic rings. The van der Waals surface area contributed by atoms with Crippen LogP contribution < -0.4 is 10.2 Å². The number of hydrogen-bond donors (Lipinski definition) is 1. The van der Waals surface area contributed by atoms with Gasteiger partial charge in [0, 0.05) is 5.69 Å². The van der Waals surface area contributed by atoms with Crippen LogP contribution in [0.1, 0.15) is 18.4 Å². The number of piperidine rings is 1. The fourth-order valence-electron chi connectivity index (χ4n) is 3.19. The zero-order chi connectivity index (χ0) is 13.3. The zero-order valence-electron chi connectivity index (χ0n) is 11.3. The maximum absolute atomic E-state index is 12.4. The maximum atomic E-state index is 12.4. The van der Waals surface area contributed by atoms with Gasteiger partial charge >= 0.3 is 0 Å². The average Bonchev–Trinajstić information content (AvgIpc) is 2.42. The van der Waals surface area contributed by atoms with Crippen molar-refractivity contribution in [1.82, 2.24) is 5.32 Å². The van der Waals surface area contributed by atoms with Crippen molar-refractivity contribution in [2.75, 3.05) is 31.2 Å². The minimum Gasteiger partial charge on any atom is -0.369 e. The number of morpholine rings is 1. The number of amides is 1. The van der Waals surface area contributed by atoms with E-state index >= 15 is 0 Å². The Kier molecular flexibility index (Phi) is 3.29. The number of nitrogens with zero attached hydrogens (tertiary/aromatic N) is 1. The van der Waals surface area contributed by atoms with Crippen molar-refractivity contribution in [1.29, 1.82) is 0 Å². The van der Waals surface area contributed by atoms with Crippen molar-refractivity contribution < 1.29 is 9.53 Å². The predicted molar refractivity (Wildman–Crippen MR) is 74.3 cm³/mol. The Hall–Kier alpha value is -1.39. The van der Waals surface area contributed by atoms with Gasteiger partial charge in [-0.15, -0.1) is 0 Å². The first-order valence-corrected chi connectivity index (χ1v) is 6.90. The van der Waals surface area contributed by atoms with Crippen molar-refractivity contribution in [3.63, 3.8) is 0 Å². The predicted octanol–water partition coefficient (Wildman–Crippen LogP) is 1.48. The van der Waals surface area contributed by atoms with Crippen LogP contribution in [0.15, 0.2) is 24.3 Å². The second-order valence-electron chi connectivity index (χ2n) is 5.48. The molecule has 2 saturated heterocycles. The normalized spacial score (nSPS) is 22.8. The smallest absolute Gasteiger partial charge is 0.253 e. The lowest BCUT2D eigenvalue weighted by Gasteiger charge is -2.49. The molecule has 0 saturated carbocycles. The Morgan fingerprint density at radius 2 is 2.00 bits per heavy atom. The van der Waals surface area contributed by atoms with E-state index in [1.54, 1.807) is 0 Å². The lowest BCUT2D eigenvalue weighted by atomic mass is 9.85. The van der Waals surface area contributed by atoms with E-state index in [0.29, 0.717) is 6.61 Å². The van der Waals surface area contributed by atoms with Gasteiger partial charge in [0.15, 0.2) is 0 Å². The van der Waals surface area contributed by atoms with E-state index in [9.17, 15) is 4.79 Å². The van der Waals surface area contributed by atoms with Crippen LogP contribution in [0.4, 0.5) is 5.69 Å². The minimum atomic E-state index is -0.160. The SMILES string of the molecule is Cc1ccccc1N1C(=O)COCC12CCNCC2. The summed E-state index contributed by atoms with van der Waals surface area (Å²) in [5.74, 6) is 0.0856. The molecule has 4 heteroatoms. The van der Waals surface area contributed by atoms with Gasteiger partial charge < -0.3 is 15.0 Å². The largest absolute Gasteiger partial charge is 0.369 e.